The van der Waals surface area contributed by atoms with Gasteiger partial charge in [0.1, 0.15) is 0 Å². The Morgan fingerprint density at radius 1 is 0.947 bits per heavy atom. The van der Waals surface area contributed by atoms with Crippen molar-refractivity contribution >= 4 is 5.69 Å². The minimum Gasteiger partial charge on any atom is -0.372 e. The van der Waals surface area contributed by atoms with Crippen molar-refractivity contribution in [3.8, 4) is 0 Å². The van der Waals surface area contributed by atoms with Crippen LogP contribution in [-0.4, -0.2) is 13.1 Å². The fourth-order valence-electron chi connectivity index (χ4n) is 2.32. The van der Waals surface area contributed by atoms with Crippen molar-refractivity contribution in [3.05, 3.63) is 29.3 Å². The van der Waals surface area contributed by atoms with Gasteiger partial charge in [-0.25, -0.2) is 0 Å². The molecule has 1 aromatic carbocycles. The maximum absolute atomic E-state index is 2.56. The third kappa shape index (κ3) is 6.13. The summed E-state index contributed by atoms with van der Waals surface area (Å²) in [5.41, 5.74) is 4.54. The molecule has 0 aliphatic carbocycles. The van der Waals surface area contributed by atoms with Crippen molar-refractivity contribution in [1.82, 2.24) is 0 Å². The van der Waals surface area contributed by atoms with E-state index in [0.29, 0.717) is 5.41 Å². The SMILES string of the molecule is CCCCN(CCC(C)(C)C)c1cc(C)cc(C)c1. The third-order valence-electron chi connectivity index (χ3n) is 3.48. The van der Waals surface area contributed by atoms with E-state index in [4.69, 9.17) is 0 Å². The Bertz CT molecular complexity index is 367. The van der Waals surface area contributed by atoms with Gasteiger partial charge in [-0.3, -0.25) is 0 Å². The summed E-state index contributed by atoms with van der Waals surface area (Å²) in [7, 11) is 0. The van der Waals surface area contributed by atoms with Crippen LogP contribution in [0.2, 0.25) is 0 Å². The summed E-state index contributed by atoms with van der Waals surface area (Å²) in [4.78, 5) is 2.56. The van der Waals surface area contributed by atoms with Gasteiger partial charge >= 0.3 is 0 Å². The van der Waals surface area contributed by atoms with Crippen molar-refractivity contribution in [2.45, 2.75) is 60.8 Å². The number of rotatable bonds is 6. The molecule has 0 heterocycles. The number of nitrogens with zero attached hydrogens (tertiary/aromatic N) is 1. The minimum atomic E-state index is 0.406. The molecule has 0 amide bonds. The first kappa shape index (κ1) is 16.1. The zero-order chi connectivity index (χ0) is 14.5. The number of hydrogen-bond acceptors (Lipinski definition) is 1. The van der Waals surface area contributed by atoms with Gasteiger partial charge in [0.15, 0.2) is 0 Å². The highest BCUT2D eigenvalue weighted by molar-refractivity contribution is 5.50. The molecule has 0 radical (unpaired) electrons. The summed E-state index contributed by atoms with van der Waals surface area (Å²) < 4.78 is 0. The molecular weight excluding hydrogens is 230 g/mol. The van der Waals surface area contributed by atoms with Gasteiger partial charge in [-0.05, 0) is 55.4 Å². The molecule has 1 aromatic rings. The lowest BCUT2D eigenvalue weighted by Gasteiger charge is -2.29. The van der Waals surface area contributed by atoms with E-state index in [2.05, 4.69) is 64.6 Å². The number of benzene rings is 1. The van der Waals surface area contributed by atoms with E-state index in [1.165, 1.54) is 42.6 Å². The van der Waals surface area contributed by atoms with E-state index in [1.54, 1.807) is 0 Å². The van der Waals surface area contributed by atoms with E-state index < -0.39 is 0 Å². The molecule has 1 heteroatoms. The van der Waals surface area contributed by atoms with E-state index in [9.17, 15) is 0 Å². The second kappa shape index (κ2) is 6.98. The zero-order valence-corrected chi connectivity index (χ0v) is 13.7. The van der Waals surface area contributed by atoms with Crippen LogP contribution >= 0.6 is 0 Å². The molecule has 0 saturated carbocycles. The fourth-order valence-corrected chi connectivity index (χ4v) is 2.32. The topological polar surface area (TPSA) is 3.24 Å². The zero-order valence-electron chi connectivity index (χ0n) is 13.7. The summed E-state index contributed by atoms with van der Waals surface area (Å²) in [5, 5.41) is 0. The van der Waals surface area contributed by atoms with E-state index in [-0.39, 0.29) is 0 Å². The lowest BCUT2D eigenvalue weighted by molar-refractivity contribution is 0.378. The van der Waals surface area contributed by atoms with E-state index >= 15 is 0 Å². The van der Waals surface area contributed by atoms with Crippen molar-refractivity contribution in [2.75, 3.05) is 18.0 Å². The molecule has 0 aromatic heterocycles. The molecule has 0 saturated heterocycles. The van der Waals surface area contributed by atoms with Crippen molar-refractivity contribution in [3.63, 3.8) is 0 Å². The Hall–Kier alpha value is -0.980. The second-order valence-corrected chi connectivity index (χ2v) is 7.00. The first-order valence-corrected chi connectivity index (χ1v) is 7.65. The molecule has 0 unspecified atom stereocenters. The molecule has 0 fully saturated rings. The molecule has 0 aliphatic rings. The maximum atomic E-state index is 2.56. The monoisotopic (exact) mass is 261 g/mol. The molecule has 108 valence electrons. The summed E-state index contributed by atoms with van der Waals surface area (Å²) in [6.45, 7) is 16.0. The molecule has 1 rings (SSSR count). The van der Waals surface area contributed by atoms with Gasteiger partial charge in [0.05, 0.1) is 0 Å². The molecule has 0 spiro atoms. The van der Waals surface area contributed by atoms with Crippen LogP contribution < -0.4 is 4.90 Å². The highest BCUT2D eigenvalue weighted by atomic mass is 15.1. The molecule has 0 atom stereocenters. The number of unbranched alkanes of at least 4 members (excludes halogenated alkanes) is 1. The summed E-state index contributed by atoms with van der Waals surface area (Å²) in [6.07, 6.45) is 3.78. The van der Waals surface area contributed by atoms with Crippen LogP contribution in [-0.2, 0) is 0 Å². The molecular formula is C18H31N. The van der Waals surface area contributed by atoms with Gasteiger partial charge in [0.2, 0.25) is 0 Å². The molecule has 0 aliphatic heterocycles. The van der Waals surface area contributed by atoms with Crippen molar-refractivity contribution in [2.24, 2.45) is 5.41 Å². The largest absolute Gasteiger partial charge is 0.372 e. The molecule has 1 nitrogen and oxygen atoms in total. The van der Waals surface area contributed by atoms with Crippen LogP contribution in [0.3, 0.4) is 0 Å². The Morgan fingerprint density at radius 3 is 2.00 bits per heavy atom. The van der Waals surface area contributed by atoms with Gasteiger partial charge in [0, 0.05) is 18.8 Å². The summed E-state index contributed by atoms with van der Waals surface area (Å²) in [5.74, 6) is 0. The van der Waals surface area contributed by atoms with Crippen molar-refractivity contribution in [1.29, 1.82) is 0 Å². The predicted molar refractivity (Wildman–Crippen MR) is 87.1 cm³/mol. The minimum absolute atomic E-state index is 0.406. The molecule has 0 N–H and O–H groups in total. The quantitative estimate of drug-likeness (QED) is 0.667. The average molecular weight is 261 g/mol. The van der Waals surface area contributed by atoms with Gasteiger partial charge in [0.25, 0.3) is 0 Å². The highest BCUT2D eigenvalue weighted by Crippen LogP contribution is 2.24. The predicted octanol–water partition coefficient (Wildman–Crippen LogP) is 5.35. The first-order valence-electron chi connectivity index (χ1n) is 7.65. The lowest BCUT2D eigenvalue weighted by atomic mass is 9.92. The van der Waals surface area contributed by atoms with Crippen LogP contribution in [0.5, 0.6) is 0 Å². The van der Waals surface area contributed by atoms with Crippen LogP contribution in [0.1, 0.15) is 58.1 Å². The average Bonchev–Trinajstić information content (AvgIpc) is 2.26. The molecule has 19 heavy (non-hydrogen) atoms. The maximum Gasteiger partial charge on any atom is 0.0371 e. The second-order valence-electron chi connectivity index (χ2n) is 7.00. The van der Waals surface area contributed by atoms with Gasteiger partial charge in [-0.1, -0.05) is 40.2 Å². The number of hydrogen-bond donors (Lipinski definition) is 0. The Kier molecular flexibility index (Phi) is 5.90. The first-order chi connectivity index (χ1) is 8.81. The normalized spacial score (nSPS) is 11.7. The fraction of sp³-hybridized carbons (Fsp3) is 0.667. The summed E-state index contributed by atoms with van der Waals surface area (Å²) in [6, 6.07) is 6.90. The van der Waals surface area contributed by atoms with Gasteiger partial charge < -0.3 is 4.90 Å². The Balaban J connectivity index is 2.82. The Morgan fingerprint density at radius 2 is 1.53 bits per heavy atom. The van der Waals surface area contributed by atoms with Crippen LogP contribution in [0.25, 0.3) is 0 Å². The van der Waals surface area contributed by atoms with Crippen LogP contribution in [0.4, 0.5) is 5.69 Å². The van der Waals surface area contributed by atoms with E-state index in [0.717, 1.165) is 6.54 Å². The van der Waals surface area contributed by atoms with Crippen molar-refractivity contribution < 1.29 is 0 Å². The van der Waals surface area contributed by atoms with Gasteiger partial charge in [-0.2, -0.15) is 0 Å². The van der Waals surface area contributed by atoms with Crippen LogP contribution in [0, 0.1) is 19.3 Å². The number of aryl methyl sites for hydroxylation is 2. The van der Waals surface area contributed by atoms with Gasteiger partial charge in [-0.15, -0.1) is 0 Å². The standard InChI is InChI=1S/C18H31N/c1-7-8-10-19(11-9-18(4,5)6)17-13-15(2)12-16(3)14-17/h12-14H,7-11H2,1-6H3. The van der Waals surface area contributed by atoms with Crippen LogP contribution in [0.15, 0.2) is 18.2 Å². The smallest absolute Gasteiger partial charge is 0.0371 e. The third-order valence-corrected chi connectivity index (χ3v) is 3.48. The number of anilines is 1. The summed E-state index contributed by atoms with van der Waals surface area (Å²) >= 11 is 0. The molecule has 0 bridgehead atoms. The highest BCUT2D eigenvalue weighted by Gasteiger charge is 2.14. The Labute approximate surface area is 120 Å². The lowest BCUT2D eigenvalue weighted by Crippen LogP contribution is -2.28. The van der Waals surface area contributed by atoms with E-state index in [1.807, 2.05) is 0 Å².